The lowest BCUT2D eigenvalue weighted by Crippen LogP contribution is -1.96. The molecular formula is C11H11ClN2O. The van der Waals surface area contributed by atoms with Crippen molar-refractivity contribution in [3.8, 4) is 0 Å². The number of hydrogen-bond donors (Lipinski definition) is 1. The predicted molar refractivity (Wildman–Crippen MR) is 60.3 cm³/mol. The maximum atomic E-state index is 11.8. The molecule has 15 heavy (non-hydrogen) atoms. The fraction of sp³-hybridized carbons (Fsp3) is 0.273. The first-order valence-corrected chi connectivity index (χ1v) is 5.26. The normalized spacial score (nSPS) is 10.8. The van der Waals surface area contributed by atoms with Crippen molar-refractivity contribution >= 4 is 28.4 Å². The first kappa shape index (κ1) is 10.2. The van der Waals surface area contributed by atoms with Gasteiger partial charge < -0.3 is 4.98 Å². The molecule has 0 unspecified atom stereocenters. The average Bonchev–Trinajstić information content (AvgIpc) is 2.63. The molecule has 0 spiro atoms. The van der Waals surface area contributed by atoms with Crippen LogP contribution in [-0.4, -0.2) is 15.8 Å². The summed E-state index contributed by atoms with van der Waals surface area (Å²) in [5.41, 5.74) is 1.31. The molecule has 0 radical (unpaired) electrons. The van der Waals surface area contributed by atoms with Crippen LogP contribution in [0.1, 0.15) is 30.1 Å². The molecule has 1 N–H and O–H groups in total. The van der Waals surface area contributed by atoms with Crippen molar-refractivity contribution in [1.82, 2.24) is 9.97 Å². The Morgan fingerprint density at radius 1 is 1.60 bits per heavy atom. The van der Waals surface area contributed by atoms with Crippen LogP contribution in [0.4, 0.5) is 0 Å². The number of halogens is 1. The Morgan fingerprint density at radius 3 is 3.13 bits per heavy atom. The molecule has 3 nitrogen and oxygen atoms in total. The summed E-state index contributed by atoms with van der Waals surface area (Å²) < 4.78 is 0. The van der Waals surface area contributed by atoms with E-state index in [1.807, 2.05) is 6.92 Å². The van der Waals surface area contributed by atoms with Crippen LogP contribution < -0.4 is 0 Å². The Labute approximate surface area is 92.5 Å². The monoisotopic (exact) mass is 222 g/mol. The molecule has 0 aliphatic heterocycles. The van der Waals surface area contributed by atoms with Gasteiger partial charge in [-0.2, -0.15) is 0 Å². The Kier molecular flexibility index (Phi) is 2.73. The molecular weight excluding hydrogens is 212 g/mol. The maximum absolute atomic E-state index is 11.8. The molecule has 2 heterocycles. The van der Waals surface area contributed by atoms with E-state index in [1.165, 1.54) is 0 Å². The van der Waals surface area contributed by atoms with E-state index in [1.54, 1.807) is 18.5 Å². The van der Waals surface area contributed by atoms with Crippen LogP contribution in [-0.2, 0) is 0 Å². The highest BCUT2D eigenvalue weighted by atomic mass is 35.5. The van der Waals surface area contributed by atoms with E-state index < -0.39 is 0 Å². The Morgan fingerprint density at radius 2 is 2.40 bits per heavy atom. The second kappa shape index (κ2) is 4.03. The number of H-pyrrole nitrogens is 1. The van der Waals surface area contributed by atoms with Crippen molar-refractivity contribution in [1.29, 1.82) is 0 Å². The van der Waals surface area contributed by atoms with Gasteiger partial charge in [0.2, 0.25) is 0 Å². The van der Waals surface area contributed by atoms with Crippen LogP contribution in [0.5, 0.6) is 0 Å². The summed E-state index contributed by atoms with van der Waals surface area (Å²) in [4.78, 5) is 18.8. The van der Waals surface area contributed by atoms with Gasteiger partial charge in [-0.15, -0.1) is 0 Å². The number of rotatable bonds is 3. The maximum Gasteiger partial charge on any atom is 0.165 e. The van der Waals surface area contributed by atoms with Crippen LogP contribution in [0.25, 0.3) is 11.0 Å². The van der Waals surface area contributed by atoms with E-state index in [2.05, 4.69) is 9.97 Å². The summed E-state index contributed by atoms with van der Waals surface area (Å²) in [6.07, 6.45) is 4.68. The number of ketones is 1. The average molecular weight is 223 g/mol. The summed E-state index contributed by atoms with van der Waals surface area (Å²) in [6, 6.07) is 1.69. The molecule has 0 atom stereocenters. The van der Waals surface area contributed by atoms with Crippen LogP contribution in [0.2, 0.25) is 5.02 Å². The van der Waals surface area contributed by atoms with Crippen LogP contribution in [0, 0.1) is 0 Å². The smallest absolute Gasteiger partial charge is 0.165 e. The van der Waals surface area contributed by atoms with Gasteiger partial charge in [-0.25, -0.2) is 4.98 Å². The number of Topliss-reactive ketones (excluding diaryl/α,β-unsaturated/α-hetero) is 1. The molecule has 2 rings (SSSR count). The summed E-state index contributed by atoms with van der Waals surface area (Å²) >= 11 is 6.04. The molecule has 0 saturated carbocycles. The zero-order valence-electron chi connectivity index (χ0n) is 8.38. The first-order chi connectivity index (χ1) is 7.24. The van der Waals surface area contributed by atoms with E-state index in [9.17, 15) is 4.79 Å². The number of nitrogens with one attached hydrogen (secondary N) is 1. The largest absolute Gasteiger partial charge is 0.345 e. The van der Waals surface area contributed by atoms with Gasteiger partial charge in [0.1, 0.15) is 5.65 Å². The van der Waals surface area contributed by atoms with Gasteiger partial charge in [-0.1, -0.05) is 18.5 Å². The highest BCUT2D eigenvalue weighted by Crippen LogP contribution is 2.25. The van der Waals surface area contributed by atoms with E-state index in [0.29, 0.717) is 22.7 Å². The van der Waals surface area contributed by atoms with Crippen LogP contribution in [0.15, 0.2) is 18.5 Å². The van der Waals surface area contributed by atoms with Gasteiger partial charge in [0.15, 0.2) is 5.78 Å². The lowest BCUT2D eigenvalue weighted by atomic mass is 10.1. The molecule has 2 aromatic rings. The second-order valence-electron chi connectivity index (χ2n) is 3.39. The van der Waals surface area contributed by atoms with Crippen molar-refractivity contribution in [2.75, 3.05) is 0 Å². The summed E-state index contributed by atoms with van der Waals surface area (Å²) in [7, 11) is 0. The zero-order valence-corrected chi connectivity index (χ0v) is 9.14. The van der Waals surface area contributed by atoms with Gasteiger partial charge in [0, 0.05) is 29.8 Å². The minimum Gasteiger partial charge on any atom is -0.345 e. The molecule has 4 heteroatoms. The van der Waals surface area contributed by atoms with Crippen LogP contribution in [0.3, 0.4) is 0 Å². The van der Waals surface area contributed by atoms with Gasteiger partial charge in [-0.3, -0.25) is 4.79 Å². The molecule has 0 aromatic carbocycles. The Bertz CT molecular complexity index is 504. The van der Waals surface area contributed by atoms with E-state index in [0.717, 1.165) is 11.8 Å². The number of carbonyl (C=O) groups is 1. The number of aromatic nitrogens is 2. The third-order valence-corrected chi connectivity index (χ3v) is 2.62. The standard InChI is InChI=1S/C11H11ClN2O/c1-2-3-9(15)7-6-14-11-10(7)8(12)4-5-13-11/h4-6H,2-3H2,1H3,(H,13,14). The van der Waals surface area contributed by atoms with Gasteiger partial charge in [0.25, 0.3) is 0 Å². The van der Waals surface area contributed by atoms with E-state index in [4.69, 9.17) is 11.6 Å². The van der Waals surface area contributed by atoms with Crippen LogP contribution >= 0.6 is 11.6 Å². The Balaban J connectivity index is 2.57. The highest BCUT2D eigenvalue weighted by Gasteiger charge is 2.13. The fourth-order valence-electron chi connectivity index (χ4n) is 1.60. The first-order valence-electron chi connectivity index (χ1n) is 4.88. The Hall–Kier alpha value is -1.35. The van der Waals surface area contributed by atoms with Crippen molar-refractivity contribution in [3.05, 3.63) is 29.0 Å². The minimum atomic E-state index is 0.110. The van der Waals surface area contributed by atoms with Crippen molar-refractivity contribution in [3.63, 3.8) is 0 Å². The molecule has 78 valence electrons. The number of carbonyl (C=O) groups excluding carboxylic acids is 1. The topological polar surface area (TPSA) is 45.8 Å². The number of aromatic amines is 1. The second-order valence-corrected chi connectivity index (χ2v) is 3.80. The minimum absolute atomic E-state index is 0.110. The third-order valence-electron chi connectivity index (χ3n) is 2.30. The molecule has 2 aromatic heterocycles. The van der Waals surface area contributed by atoms with E-state index >= 15 is 0 Å². The third kappa shape index (κ3) is 1.75. The predicted octanol–water partition coefficient (Wildman–Crippen LogP) is 3.20. The van der Waals surface area contributed by atoms with Crippen molar-refractivity contribution in [2.45, 2.75) is 19.8 Å². The lowest BCUT2D eigenvalue weighted by molar-refractivity contribution is 0.0983. The van der Waals surface area contributed by atoms with Gasteiger partial charge >= 0.3 is 0 Å². The van der Waals surface area contributed by atoms with E-state index in [-0.39, 0.29) is 5.78 Å². The number of pyridine rings is 1. The molecule has 0 aliphatic rings. The quantitative estimate of drug-likeness (QED) is 0.811. The van der Waals surface area contributed by atoms with Gasteiger partial charge in [-0.05, 0) is 12.5 Å². The molecule has 0 fully saturated rings. The number of hydrogen-bond acceptors (Lipinski definition) is 2. The number of fused-ring (bicyclic) bond motifs is 1. The fourth-order valence-corrected chi connectivity index (χ4v) is 1.85. The molecule has 0 bridgehead atoms. The SMILES string of the molecule is CCCC(=O)c1c[nH]c2nccc(Cl)c12. The van der Waals surface area contributed by atoms with Gasteiger partial charge in [0.05, 0.1) is 5.02 Å². The molecule has 0 saturated heterocycles. The van der Waals surface area contributed by atoms with Crippen molar-refractivity contribution in [2.24, 2.45) is 0 Å². The summed E-state index contributed by atoms with van der Waals surface area (Å²) in [5.74, 6) is 0.110. The summed E-state index contributed by atoms with van der Waals surface area (Å²) in [5, 5.41) is 1.30. The lowest BCUT2D eigenvalue weighted by Gasteiger charge is -1.98. The molecule has 0 aliphatic carbocycles. The number of nitrogens with zero attached hydrogens (tertiary/aromatic N) is 1. The van der Waals surface area contributed by atoms with Crippen molar-refractivity contribution < 1.29 is 4.79 Å². The highest BCUT2D eigenvalue weighted by molar-refractivity contribution is 6.36. The zero-order chi connectivity index (χ0) is 10.8. The molecule has 0 amide bonds. The summed E-state index contributed by atoms with van der Waals surface area (Å²) in [6.45, 7) is 1.98.